The quantitative estimate of drug-likeness (QED) is 0.798. The van der Waals surface area contributed by atoms with Crippen molar-refractivity contribution in [1.29, 1.82) is 0 Å². The lowest BCUT2D eigenvalue weighted by Gasteiger charge is -2.36. The van der Waals surface area contributed by atoms with E-state index in [0.717, 1.165) is 43.1 Å². The molecule has 5 nitrogen and oxygen atoms in total. The van der Waals surface area contributed by atoms with Crippen LogP contribution in [0.4, 0.5) is 5.82 Å². The fourth-order valence-corrected chi connectivity index (χ4v) is 2.77. The van der Waals surface area contributed by atoms with Crippen LogP contribution in [0.25, 0.3) is 0 Å². The third-order valence-electron chi connectivity index (χ3n) is 3.93. The molecule has 1 aliphatic rings. The second-order valence-corrected chi connectivity index (χ2v) is 6.00. The topological polar surface area (TPSA) is 55.3 Å². The number of nitrogens with zero attached hydrogens (tertiary/aromatic N) is 3. The van der Waals surface area contributed by atoms with Crippen molar-refractivity contribution in [2.75, 3.05) is 18.6 Å². The summed E-state index contributed by atoms with van der Waals surface area (Å²) in [6, 6.07) is 2.20. The first-order chi connectivity index (χ1) is 10.0. The van der Waals surface area contributed by atoms with E-state index in [-0.39, 0.29) is 12.0 Å². The summed E-state index contributed by atoms with van der Waals surface area (Å²) >= 11 is 0. The van der Waals surface area contributed by atoms with Crippen LogP contribution in [-0.4, -0.2) is 35.6 Å². The molecule has 2 rings (SSSR count). The third kappa shape index (κ3) is 3.93. The van der Waals surface area contributed by atoms with Crippen LogP contribution >= 0.6 is 0 Å². The first kappa shape index (κ1) is 15.7. The van der Waals surface area contributed by atoms with E-state index in [4.69, 9.17) is 9.72 Å². The first-order valence-electron chi connectivity index (χ1n) is 7.70. The van der Waals surface area contributed by atoms with Gasteiger partial charge in [-0.05, 0) is 26.2 Å². The van der Waals surface area contributed by atoms with Crippen molar-refractivity contribution in [3.63, 3.8) is 0 Å². The van der Waals surface area contributed by atoms with Crippen LogP contribution in [-0.2, 0) is 9.53 Å². The lowest BCUT2D eigenvalue weighted by Crippen LogP contribution is -2.41. The molecule has 0 spiro atoms. The van der Waals surface area contributed by atoms with Gasteiger partial charge in [-0.25, -0.2) is 9.97 Å². The normalized spacial score (nSPS) is 18.9. The summed E-state index contributed by atoms with van der Waals surface area (Å²) in [5, 5.41) is 0. The molecule has 1 aromatic rings. The van der Waals surface area contributed by atoms with Crippen LogP contribution in [0.5, 0.6) is 0 Å². The number of hydrogen-bond donors (Lipinski definition) is 0. The van der Waals surface area contributed by atoms with Gasteiger partial charge in [0.2, 0.25) is 0 Å². The van der Waals surface area contributed by atoms with Gasteiger partial charge in [-0.2, -0.15) is 0 Å². The Balaban J connectivity index is 2.26. The molecule has 1 atom stereocenters. The number of anilines is 1. The molecule has 1 aliphatic heterocycles. The molecule has 2 heterocycles. The van der Waals surface area contributed by atoms with Gasteiger partial charge >= 0.3 is 5.97 Å². The number of carbonyl (C=O) groups excluding carboxylic acids is 1. The SMILES string of the molecule is COC(=O)CC1CCCCN1c1cc(C)nc(C(C)C)n1. The Morgan fingerprint density at radius 1 is 1.43 bits per heavy atom. The molecule has 116 valence electrons. The fraction of sp³-hybridized carbons (Fsp3) is 0.688. The van der Waals surface area contributed by atoms with Crippen molar-refractivity contribution >= 4 is 11.8 Å². The number of esters is 1. The largest absolute Gasteiger partial charge is 0.469 e. The molecule has 5 heteroatoms. The highest BCUT2D eigenvalue weighted by Gasteiger charge is 2.26. The van der Waals surface area contributed by atoms with E-state index in [1.807, 2.05) is 13.0 Å². The molecule has 0 amide bonds. The van der Waals surface area contributed by atoms with E-state index in [9.17, 15) is 4.79 Å². The summed E-state index contributed by atoms with van der Waals surface area (Å²) in [6.07, 6.45) is 3.72. The molecule has 1 fully saturated rings. The second-order valence-electron chi connectivity index (χ2n) is 6.00. The number of aryl methyl sites for hydroxylation is 1. The minimum Gasteiger partial charge on any atom is -0.469 e. The Labute approximate surface area is 126 Å². The maximum Gasteiger partial charge on any atom is 0.307 e. The van der Waals surface area contributed by atoms with E-state index >= 15 is 0 Å². The Bertz CT molecular complexity index is 502. The highest BCUT2D eigenvalue weighted by atomic mass is 16.5. The molecular formula is C16H25N3O2. The van der Waals surface area contributed by atoms with E-state index < -0.39 is 0 Å². The third-order valence-corrected chi connectivity index (χ3v) is 3.93. The van der Waals surface area contributed by atoms with Gasteiger partial charge in [-0.15, -0.1) is 0 Å². The predicted octanol–water partition coefficient (Wildman–Crippen LogP) is 2.83. The fourth-order valence-electron chi connectivity index (χ4n) is 2.77. The van der Waals surface area contributed by atoms with Crippen molar-refractivity contribution < 1.29 is 9.53 Å². The minimum atomic E-state index is -0.151. The van der Waals surface area contributed by atoms with Crippen molar-refractivity contribution in [2.45, 2.75) is 58.4 Å². The number of carbonyl (C=O) groups is 1. The average Bonchev–Trinajstić information content (AvgIpc) is 2.47. The Morgan fingerprint density at radius 3 is 2.86 bits per heavy atom. The summed E-state index contributed by atoms with van der Waals surface area (Å²) < 4.78 is 4.82. The molecule has 0 N–H and O–H groups in total. The molecule has 1 saturated heterocycles. The average molecular weight is 291 g/mol. The summed E-state index contributed by atoms with van der Waals surface area (Å²) in [6.45, 7) is 7.13. The van der Waals surface area contributed by atoms with Gasteiger partial charge in [0.25, 0.3) is 0 Å². The maximum absolute atomic E-state index is 11.6. The molecule has 0 aliphatic carbocycles. The van der Waals surface area contributed by atoms with Crippen LogP contribution in [0.15, 0.2) is 6.07 Å². The maximum atomic E-state index is 11.6. The lowest BCUT2D eigenvalue weighted by atomic mass is 9.99. The monoisotopic (exact) mass is 291 g/mol. The van der Waals surface area contributed by atoms with Crippen LogP contribution in [0.1, 0.15) is 57.0 Å². The van der Waals surface area contributed by atoms with E-state index in [1.165, 1.54) is 7.11 Å². The predicted molar refractivity (Wildman–Crippen MR) is 82.5 cm³/mol. The van der Waals surface area contributed by atoms with Gasteiger partial charge in [0.05, 0.1) is 13.5 Å². The first-order valence-corrected chi connectivity index (χ1v) is 7.70. The standard InChI is InChI=1S/C16H25N3O2/c1-11(2)16-17-12(3)9-14(18-16)19-8-6-5-7-13(19)10-15(20)21-4/h9,11,13H,5-8,10H2,1-4H3. The van der Waals surface area contributed by atoms with E-state index in [0.29, 0.717) is 12.3 Å². The van der Waals surface area contributed by atoms with E-state index in [2.05, 4.69) is 23.7 Å². The van der Waals surface area contributed by atoms with Gasteiger partial charge < -0.3 is 9.64 Å². The van der Waals surface area contributed by atoms with E-state index in [1.54, 1.807) is 0 Å². The Morgan fingerprint density at radius 2 is 2.19 bits per heavy atom. The summed E-state index contributed by atoms with van der Waals surface area (Å²) in [5.74, 6) is 1.96. The molecule has 1 aromatic heterocycles. The molecule has 0 bridgehead atoms. The van der Waals surface area contributed by atoms with Crippen LogP contribution in [0.3, 0.4) is 0 Å². The van der Waals surface area contributed by atoms with Crippen molar-refractivity contribution in [2.24, 2.45) is 0 Å². The molecule has 21 heavy (non-hydrogen) atoms. The lowest BCUT2D eigenvalue weighted by molar-refractivity contribution is -0.141. The zero-order chi connectivity index (χ0) is 15.4. The van der Waals surface area contributed by atoms with Crippen LogP contribution < -0.4 is 4.90 Å². The number of ether oxygens (including phenoxy) is 1. The summed E-state index contributed by atoms with van der Waals surface area (Å²) in [5.41, 5.74) is 0.978. The molecule has 0 aromatic carbocycles. The molecular weight excluding hydrogens is 266 g/mol. The van der Waals surface area contributed by atoms with Crippen molar-refractivity contribution in [3.8, 4) is 0 Å². The van der Waals surface area contributed by atoms with Gasteiger partial charge in [0.1, 0.15) is 11.6 Å². The minimum absolute atomic E-state index is 0.151. The second kappa shape index (κ2) is 6.87. The molecule has 1 unspecified atom stereocenters. The van der Waals surface area contributed by atoms with Crippen LogP contribution in [0.2, 0.25) is 0 Å². The van der Waals surface area contributed by atoms with Gasteiger partial charge in [0, 0.05) is 30.3 Å². The summed E-state index contributed by atoms with van der Waals surface area (Å²) in [4.78, 5) is 23.1. The number of methoxy groups -OCH3 is 1. The number of hydrogen-bond acceptors (Lipinski definition) is 5. The Kier molecular flexibility index (Phi) is 5.15. The van der Waals surface area contributed by atoms with Gasteiger partial charge in [-0.3, -0.25) is 4.79 Å². The van der Waals surface area contributed by atoms with Crippen molar-refractivity contribution in [1.82, 2.24) is 9.97 Å². The highest BCUT2D eigenvalue weighted by molar-refractivity contribution is 5.70. The van der Waals surface area contributed by atoms with Crippen LogP contribution in [0, 0.1) is 6.92 Å². The van der Waals surface area contributed by atoms with Gasteiger partial charge in [-0.1, -0.05) is 13.8 Å². The van der Waals surface area contributed by atoms with Crippen molar-refractivity contribution in [3.05, 3.63) is 17.6 Å². The molecule has 0 saturated carbocycles. The number of rotatable bonds is 4. The Hall–Kier alpha value is -1.65. The number of piperidine rings is 1. The van der Waals surface area contributed by atoms with Gasteiger partial charge in [0.15, 0.2) is 0 Å². The summed E-state index contributed by atoms with van der Waals surface area (Å²) in [7, 11) is 1.45. The zero-order valence-electron chi connectivity index (χ0n) is 13.4. The highest BCUT2D eigenvalue weighted by Crippen LogP contribution is 2.26. The zero-order valence-corrected chi connectivity index (χ0v) is 13.4. The molecule has 0 radical (unpaired) electrons. The number of aromatic nitrogens is 2. The smallest absolute Gasteiger partial charge is 0.307 e.